The van der Waals surface area contributed by atoms with Crippen LogP contribution in [0.1, 0.15) is 31.9 Å². The average molecular weight is 366 g/mol. The highest BCUT2D eigenvalue weighted by molar-refractivity contribution is 14.1. The van der Waals surface area contributed by atoms with E-state index in [0.717, 1.165) is 5.75 Å². The molecule has 0 N–H and O–H groups in total. The Bertz CT molecular complexity index is 541. The van der Waals surface area contributed by atoms with Crippen LogP contribution in [0, 0.1) is 3.57 Å². The Morgan fingerprint density at radius 3 is 2.32 bits per heavy atom. The van der Waals surface area contributed by atoms with Crippen LogP contribution in [-0.4, -0.2) is 0 Å². The van der Waals surface area contributed by atoms with Crippen molar-refractivity contribution in [2.24, 2.45) is 0 Å². The molecule has 1 nitrogen and oxygen atoms in total. The van der Waals surface area contributed by atoms with Crippen molar-refractivity contribution in [3.05, 3.63) is 63.2 Å². The molecule has 0 atom stereocenters. The van der Waals surface area contributed by atoms with Crippen LogP contribution in [0.2, 0.25) is 0 Å². The van der Waals surface area contributed by atoms with Gasteiger partial charge in [0.2, 0.25) is 0 Å². The lowest BCUT2D eigenvalue weighted by Crippen LogP contribution is -2.13. The number of hydrogen-bond donors (Lipinski definition) is 0. The summed E-state index contributed by atoms with van der Waals surface area (Å²) in [5.41, 5.74) is 2.55. The Balaban J connectivity index is 2.21. The second kappa shape index (κ2) is 5.95. The van der Waals surface area contributed by atoms with Crippen molar-refractivity contribution >= 4 is 22.6 Å². The molecule has 19 heavy (non-hydrogen) atoms. The summed E-state index contributed by atoms with van der Waals surface area (Å²) >= 11 is 2.35. The molecule has 0 amide bonds. The van der Waals surface area contributed by atoms with Gasteiger partial charge in [-0.25, -0.2) is 0 Å². The van der Waals surface area contributed by atoms with E-state index in [1.54, 1.807) is 0 Å². The molecule has 2 heteroatoms. The van der Waals surface area contributed by atoms with Crippen molar-refractivity contribution in [3.63, 3.8) is 0 Å². The van der Waals surface area contributed by atoms with Crippen LogP contribution in [0.5, 0.6) is 5.75 Å². The third-order valence-electron chi connectivity index (χ3n) is 2.99. The molecule has 0 aliphatic carbocycles. The number of rotatable bonds is 3. The van der Waals surface area contributed by atoms with Gasteiger partial charge in [-0.2, -0.15) is 0 Å². The summed E-state index contributed by atoms with van der Waals surface area (Å²) in [5.74, 6) is 0.983. The third-order valence-corrected chi connectivity index (χ3v) is 3.66. The van der Waals surface area contributed by atoms with Gasteiger partial charge in [0.25, 0.3) is 0 Å². The second-order valence-electron chi connectivity index (χ2n) is 5.66. The first-order chi connectivity index (χ1) is 8.97. The zero-order chi connectivity index (χ0) is 13.9. The molecule has 0 bridgehead atoms. The van der Waals surface area contributed by atoms with Gasteiger partial charge < -0.3 is 4.74 Å². The first-order valence-corrected chi connectivity index (χ1v) is 7.51. The van der Waals surface area contributed by atoms with Crippen molar-refractivity contribution in [2.75, 3.05) is 0 Å². The molecule has 0 fully saturated rings. The third kappa shape index (κ3) is 3.96. The molecule has 2 aromatic rings. The van der Waals surface area contributed by atoms with Gasteiger partial charge in [0.05, 0.1) is 0 Å². The topological polar surface area (TPSA) is 9.23 Å². The summed E-state index contributed by atoms with van der Waals surface area (Å²) in [6, 6.07) is 16.7. The predicted octanol–water partition coefficient (Wildman–Crippen LogP) is 5.17. The largest absolute Gasteiger partial charge is 0.489 e. The minimum absolute atomic E-state index is 0.0905. The smallest absolute Gasteiger partial charge is 0.123 e. The minimum atomic E-state index is 0.0905. The van der Waals surface area contributed by atoms with Crippen molar-refractivity contribution in [3.8, 4) is 5.75 Å². The van der Waals surface area contributed by atoms with Crippen LogP contribution in [0.15, 0.2) is 48.5 Å². The summed E-state index contributed by atoms with van der Waals surface area (Å²) in [6.45, 7) is 7.26. The maximum Gasteiger partial charge on any atom is 0.123 e. The number of ether oxygens (including phenoxy) is 1. The quantitative estimate of drug-likeness (QED) is 0.682. The molecule has 0 saturated heterocycles. The normalized spacial score (nSPS) is 11.4. The van der Waals surface area contributed by atoms with Gasteiger partial charge in [0.1, 0.15) is 12.4 Å². The molecular formula is C17H19IO. The molecule has 0 aliphatic heterocycles. The molecule has 0 unspecified atom stereocenters. The Morgan fingerprint density at radius 1 is 1.00 bits per heavy atom. The molecule has 0 saturated carbocycles. The lowest BCUT2D eigenvalue weighted by atomic mass is 9.86. The monoisotopic (exact) mass is 366 g/mol. The fraction of sp³-hybridized carbons (Fsp3) is 0.294. The first kappa shape index (κ1) is 14.4. The molecule has 0 spiro atoms. The summed E-state index contributed by atoms with van der Waals surface area (Å²) in [7, 11) is 0. The van der Waals surface area contributed by atoms with E-state index in [9.17, 15) is 0 Å². The lowest BCUT2D eigenvalue weighted by molar-refractivity contribution is 0.297. The van der Waals surface area contributed by atoms with Crippen molar-refractivity contribution < 1.29 is 4.74 Å². The van der Waals surface area contributed by atoms with Gasteiger partial charge in [0, 0.05) is 9.13 Å². The Hall–Kier alpha value is -1.03. The van der Waals surface area contributed by atoms with Crippen molar-refractivity contribution in [1.29, 1.82) is 0 Å². The van der Waals surface area contributed by atoms with E-state index >= 15 is 0 Å². The van der Waals surface area contributed by atoms with Gasteiger partial charge >= 0.3 is 0 Å². The lowest BCUT2D eigenvalue weighted by Gasteiger charge is -2.23. The van der Waals surface area contributed by atoms with E-state index in [-0.39, 0.29) is 5.41 Å². The number of hydrogen-bond acceptors (Lipinski definition) is 1. The minimum Gasteiger partial charge on any atom is -0.489 e. The maximum atomic E-state index is 6.00. The Labute approximate surface area is 129 Å². The van der Waals surface area contributed by atoms with E-state index in [4.69, 9.17) is 4.74 Å². The van der Waals surface area contributed by atoms with Gasteiger partial charge in [-0.3, -0.25) is 0 Å². The highest BCUT2D eigenvalue weighted by Gasteiger charge is 2.19. The van der Waals surface area contributed by atoms with Crippen LogP contribution in [0.25, 0.3) is 0 Å². The fourth-order valence-electron chi connectivity index (χ4n) is 1.95. The summed E-state index contributed by atoms with van der Waals surface area (Å²) < 4.78 is 7.25. The first-order valence-electron chi connectivity index (χ1n) is 6.43. The Morgan fingerprint density at radius 2 is 1.68 bits per heavy atom. The van der Waals surface area contributed by atoms with Gasteiger partial charge in [-0.05, 0) is 51.8 Å². The van der Waals surface area contributed by atoms with Gasteiger partial charge in [-0.1, -0.05) is 51.1 Å². The van der Waals surface area contributed by atoms with E-state index < -0.39 is 0 Å². The fourth-order valence-corrected chi connectivity index (χ4v) is 2.44. The summed E-state index contributed by atoms with van der Waals surface area (Å²) in [4.78, 5) is 0. The van der Waals surface area contributed by atoms with Crippen LogP contribution in [0.4, 0.5) is 0 Å². The van der Waals surface area contributed by atoms with Crippen molar-refractivity contribution in [2.45, 2.75) is 32.8 Å². The van der Waals surface area contributed by atoms with Crippen molar-refractivity contribution in [1.82, 2.24) is 0 Å². The number of halogens is 1. The molecule has 0 aliphatic rings. The second-order valence-corrected chi connectivity index (χ2v) is 6.91. The van der Waals surface area contributed by atoms with Crippen LogP contribution >= 0.6 is 22.6 Å². The van der Waals surface area contributed by atoms with Gasteiger partial charge in [0.15, 0.2) is 0 Å². The molecule has 0 heterocycles. The molecule has 0 radical (unpaired) electrons. The van der Waals surface area contributed by atoms with E-state index in [1.807, 2.05) is 18.2 Å². The highest BCUT2D eigenvalue weighted by atomic mass is 127. The van der Waals surface area contributed by atoms with E-state index in [2.05, 4.69) is 73.7 Å². The summed E-state index contributed by atoms with van der Waals surface area (Å²) in [6.07, 6.45) is 0. The number of benzene rings is 2. The molecule has 100 valence electrons. The molecule has 0 aromatic heterocycles. The van der Waals surface area contributed by atoms with Crippen LogP contribution in [-0.2, 0) is 12.0 Å². The molecule has 2 rings (SSSR count). The molecular weight excluding hydrogens is 347 g/mol. The van der Waals surface area contributed by atoms with Crippen LogP contribution < -0.4 is 4.74 Å². The Kier molecular flexibility index (Phi) is 4.50. The standard InChI is InChI=1S/C17H19IO/c1-17(2,3)15-11-14(18)9-10-16(15)19-12-13-7-5-4-6-8-13/h4-11H,12H2,1-3H3. The predicted molar refractivity (Wildman–Crippen MR) is 88.6 cm³/mol. The average Bonchev–Trinajstić information content (AvgIpc) is 2.37. The van der Waals surface area contributed by atoms with Crippen LogP contribution in [0.3, 0.4) is 0 Å². The maximum absolute atomic E-state index is 6.00. The van der Waals surface area contributed by atoms with E-state index in [1.165, 1.54) is 14.7 Å². The van der Waals surface area contributed by atoms with E-state index in [0.29, 0.717) is 6.61 Å². The molecule has 2 aromatic carbocycles. The zero-order valence-electron chi connectivity index (χ0n) is 11.6. The summed E-state index contributed by atoms with van der Waals surface area (Å²) in [5, 5.41) is 0. The zero-order valence-corrected chi connectivity index (χ0v) is 13.8. The van der Waals surface area contributed by atoms with Gasteiger partial charge in [-0.15, -0.1) is 0 Å². The highest BCUT2D eigenvalue weighted by Crippen LogP contribution is 2.33. The SMILES string of the molecule is CC(C)(C)c1cc(I)ccc1OCc1ccccc1.